The van der Waals surface area contributed by atoms with Gasteiger partial charge in [0.1, 0.15) is 5.78 Å². The Labute approximate surface area is 202 Å². The summed E-state index contributed by atoms with van der Waals surface area (Å²) in [4.78, 5) is 13.4. The molecule has 0 radical (unpaired) electrons. The van der Waals surface area contributed by atoms with Crippen molar-refractivity contribution in [3.63, 3.8) is 0 Å². The minimum atomic E-state index is -3.68. The number of alkyl halides is 2. The average molecular weight is 485 g/mol. The molecule has 2 aromatic carbocycles. The molecule has 0 spiro atoms. The summed E-state index contributed by atoms with van der Waals surface area (Å²) in [6.07, 6.45) is -2.75. The van der Waals surface area contributed by atoms with Gasteiger partial charge in [-0.3, -0.25) is 4.79 Å². The van der Waals surface area contributed by atoms with Gasteiger partial charge in [-0.15, -0.1) is 8.78 Å². The van der Waals surface area contributed by atoms with Gasteiger partial charge in [0.2, 0.25) is 0 Å². The van der Waals surface area contributed by atoms with Crippen molar-refractivity contribution in [2.45, 2.75) is 69.8 Å². The van der Waals surface area contributed by atoms with E-state index in [2.05, 4.69) is 40.9 Å². The molecular weight excluding hydrogens is 454 g/mol. The SMILES string of the molecule is CC(C)(C)c1cc2cc(CC(=O)C3(c4ccc5c(c4)OC(F)(F)O5)CC3)ccc2n1C[C@@H](O)CN. The predicted octanol–water partition coefficient (Wildman–Crippen LogP) is 4.42. The first-order valence-electron chi connectivity index (χ1n) is 11.9. The highest BCUT2D eigenvalue weighted by Gasteiger charge is 2.52. The van der Waals surface area contributed by atoms with Gasteiger partial charge in [-0.05, 0) is 54.3 Å². The van der Waals surface area contributed by atoms with Crippen LogP contribution < -0.4 is 15.2 Å². The highest BCUT2D eigenvalue weighted by Crippen LogP contribution is 2.52. The Bertz CT molecular complexity index is 1300. The first-order chi connectivity index (χ1) is 16.4. The molecule has 2 aliphatic rings. The molecule has 1 saturated carbocycles. The lowest BCUT2D eigenvalue weighted by Gasteiger charge is -2.23. The summed E-state index contributed by atoms with van der Waals surface area (Å²) < 4.78 is 38.0. The lowest BCUT2D eigenvalue weighted by atomic mass is 9.87. The standard InChI is InChI=1S/C27H30F2N2O4/c1-25(2,3)23-12-17-10-16(4-6-20(17)31(23)15-19(32)14-30)11-24(33)26(8-9-26)18-5-7-21-22(13-18)35-27(28,29)34-21/h4-7,10,12-13,19,32H,8-9,11,14-15,30H2,1-3H3/t19-/m0/s1. The summed E-state index contributed by atoms with van der Waals surface area (Å²) in [5, 5.41) is 11.2. The average Bonchev–Trinajstić information content (AvgIpc) is 3.42. The number of rotatable bonds is 7. The highest BCUT2D eigenvalue weighted by molar-refractivity contribution is 5.95. The van der Waals surface area contributed by atoms with Crippen molar-refractivity contribution >= 4 is 16.7 Å². The topological polar surface area (TPSA) is 86.7 Å². The molecule has 5 rings (SSSR count). The van der Waals surface area contributed by atoms with Crippen LogP contribution in [0.3, 0.4) is 0 Å². The van der Waals surface area contributed by atoms with E-state index in [0.29, 0.717) is 24.9 Å². The molecule has 3 N–H and O–H groups in total. The van der Waals surface area contributed by atoms with E-state index in [0.717, 1.165) is 22.2 Å². The lowest BCUT2D eigenvalue weighted by Crippen LogP contribution is -2.28. The summed E-state index contributed by atoms with van der Waals surface area (Å²) >= 11 is 0. The monoisotopic (exact) mass is 484 g/mol. The van der Waals surface area contributed by atoms with Gasteiger partial charge in [0.05, 0.1) is 18.1 Å². The maximum absolute atomic E-state index is 13.4. The molecule has 3 aromatic rings. The third-order valence-electron chi connectivity index (χ3n) is 7.00. The second-order valence-corrected chi connectivity index (χ2v) is 10.7. The van der Waals surface area contributed by atoms with Crippen molar-refractivity contribution in [1.29, 1.82) is 0 Å². The Balaban J connectivity index is 1.42. The molecule has 6 nitrogen and oxygen atoms in total. The van der Waals surface area contributed by atoms with Crippen LogP contribution in [0.1, 0.15) is 50.4 Å². The number of benzene rings is 2. The van der Waals surface area contributed by atoms with Gasteiger partial charge < -0.3 is 24.9 Å². The number of hydrogen-bond donors (Lipinski definition) is 2. The van der Waals surface area contributed by atoms with E-state index in [1.165, 1.54) is 12.1 Å². The van der Waals surface area contributed by atoms with Crippen LogP contribution in [0.4, 0.5) is 8.78 Å². The van der Waals surface area contributed by atoms with Crippen LogP contribution in [0.15, 0.2) is 42.5 Å². The van der Waals surface area contributed by atoms with Crippen molar-refractivity contribution in [2.75, 3.05) is 6.54 Å². The number of nitrogens with two attached hydrogens (primary N) is 1. The zero-order chi connectivity index (χ0) is 25.2. The molecule has 2 heterocycles. The van der Waals surface area contributed by atoms with E-state index in [1.54, 1.807) is 6.07 Å². The lowest BCUT2D eigenvalue weighted by molar-refractivity contribution is -0.286. The fraction of sp³-hybridized carbons (Fsp3) is 0.444. The number of aromatic nitrogens is 1. The minimum Gasteiger partial charge on any atom is -0.395 e. The molecule has 0 saturated heterocycles. The Morgan fingerprint density at radius 3 is 2.49 bits per heavy atom. The zero-order valence-electron chi connectivity index (χ0n) is 20.1. The normalized spacial score (nSPS) is 18.6. The van der Waals surface area contributed by atoms with Gasteiger partial charge in [0, 0.05) is 35.0 Å². The number of Topliss-reactive ketones (excluding diaryl/α,β-unsaturated/α-hetero) is 1. The Hall–Kier alpha value is -2.97. The third kappa shape index (κ3) is 4.29. The Kier molecular flexibility index (Phi) is 5.45. The van der Waals surface area contributed by atoms with E-state index in [4.69, 9.17) is 5.73 Å². The smallest absolute Gasteiger partial charge is 0.395 e. The summed E-state index contributed by atoms with van der Waals surface area (Å²) in [7, 11) is 0. The molecule has 0 amide bonds. The van der Waals surface area contributed by atoms with Crippen LogP contribution in [0.25, 0.3) is 10.9 Å². The molecule has 35 heavy (non-hydrogen) atoms. The molecule has 1 atom stereocenters. The van der Waals surface area contributed by atoms with E-state index in [9.17, 15) is 18.7 Å². The van der Waals surface area contributed by atoms with Crippen LogP contribution in [-0.4, -0.2) is 34.4 Å². The van der Waals surface area contributed by atoms with Gasteiger partial charge in [-0.25, -0.2) is 0 Å². The number of carbonyl (C=O) groups is 1. The zero-order valence-corrected chi connectivity index (χ0v) is 20.1. The molecule has 1 aromatic heterocycles. The van der Waals surface area contributed by atoms with E-state index >= 15 is 0 Å². The number of aliphatic hydroxyl groups is 1. The van der Waals surface area contributed by atoms with Crippen molar-refractivity contribution in [2.24, 2.45) is 5.73 Å². The fourth-order valence-corrected chi connectivity index (χ4v) is 4.99. The first-order valence-corrected chi connectivity index (χ1v) is 11.9. The number of aliphatic hydroxyl groups excluding tert-OH is 1. The molecule has 0 unspecified atom stereocenters. The second-order valence-electron chi connectivity index (χ2n) is 10.7. The molecule has 8 heteroatoms. The number of ether oxygens (including phenoxy) is 2. The van der Waals surface area contributed by atoms with E-state index in [-0.39, 0.29) is 35.7 Å². The Morgan fingerprint density at radius 2 is 1.83 bits per heavy atom. The Morgan fingerprint density at radius 1 is 1.11 bits per heavy atom. The highest BCUT2D eigenvalue weighted by atomic mass is 19.3. The van der Waals surface area contributed by atoms with Crippen LogP contribution in [0.2, 0.25) is 0 Å². The number of hydrogen-bond acceptors (Lipinski definition) is 5. The maximum Gasteiger partial charge on any atom is 0.586 e. The number of ketones is 1. The molecule has 1 aliphatic heterocycles. The predicted molar refractivity (Wildman–Crippen MR) is 128 cm³/mol. The quantitative estimate of drug-likeness (QED) is 0.518. The first kappa shape index (κ1) is 23.8. The van der Waals surface area contributed by atoms with Gasteiger partial charge in [0.15, 0.2) is 11.5 Å². The van der Waals surface area contributed by atoms with Crippen molar-refractivity contribution in [3.05, 3.63) is 59.3 Å². The second kappa shape index (κ2) is 8.03. The minimum absolute atomic E-state index is 0.0219. The van der Waals surface area contributed by atoms with Crippen molar-refractivity contribution < 1.29 is 28.2 Å². The van der Waals surface area contributed by atoms with E-state index < -0.39 is 17.8 Å². The third-order valence-corrected chi connectivity index (χ3v) is 7.00. The van der Waals surface area contributed by atoms with Gasteiger partial charge in [-0.1, -0.05) is 32.9 Å². The van der Waals surface area contributed by atoms with Crippen LogP contribution in [0, 0.1) is 0 Å². The van der Waals surface area contributed by atoms with E-state index in [1.807, 2.05) is 18.2 Å². The van der Waals surface area contributed by atoms with Crippen molar-refractivity contribution in [3.8, 4) is 11.5 Å². The van der Waals surface area contributed by atoms with Crippen LogP contribution >= 0.6 is 0 Å². The number of halogens is 2. The van der Waals surface area contributed by atoms with Crippen LogP contribution in [0.5, 0.6) is 11.5 Å². The summed E-state index contributed by atoms with van der Waals surface area (Å²) in [6, 6.07) is 12.7. The number of carbonyl (C=O) groups excluding carboxylic acids is 1. The molecule has 1 fully saturated rings. The van der Waals surface area contributed by atoms with Crippen LogP contribution in [-0.2, 0) is 28.6 Å². The van der Waals surface area contributed by atoms with Gasteiger partial charge in [0.25, 0.3) is 0 Å². The molecule has 1 aliphatic carbocycles. The summed E-state index contributed by atoms with van der Waals surface area (Å²) in [6.45, 7) is 6.94. The van der Waals surface area contributed by atoms with Gasteiger partial charge in [-0.2, -0.15) is 0 Å². The molecule has 0 bridgehead atoms. The molecular formula is C27H30F2N2O4. The van der Waals surface area contributed by atoms with Crippen molar-refractivity contribution in [1.82, 2.24) is 4.57 Å². The summed E-state index contributed by atoms with van der Waals surface area (Å²) in [5.74, 6) is -0.00779. The molecule has 186 valence electrons. The number of fused-ring (bicyclic) bond motifs is 2. The largest absolute Gasteiger partial charge is 0.586 e. The maximum atomic E-state index is 13.4. The van der Waals surface area contributed by atoms with Gasteiger partial charge >= 0.3 is 6.29 Å². The summed E-state index contributed by atoms with van der Waals surface area (Å²) in [5.41, 5.74) is 8.47. The fourth-order valence-electron chi connectivity index (χ4n) is 4.99. The number of nitrogens with zero attached hydrogens (tertiary/aromatic N) is 1.